The van der Waals surface area contributed by atoms with Crippen molar-refractivity contribution in [3.05, 3.63) is 11.9 Å². The molecule has 1 aromatic heterocycles. The van der Waals surface area contributed by atoms with E-state index in [9.17, 15) is 4.79 Å². The zero-order valence-electron chi connectivity index (χ0n) is 10.5. The van der Waals surface area contributed by atoms with Gasteiger partial charge in [-0.25, -0.2) is 9.97 Å². The van der Waals surface area contributed by atoms with Gasteiger partial charge in [0.2, 0.25) is 0 Å². The molecule has 0 saturated carbocycles. The Labute approximate surface area is 102 Å². The average Bonchev–Trinajstić information content (AvgIpc) is 2.34. The average molecular weight is 236 g/mol. The van der Waals surface area contributed by atoms with Crippen molar-refractivity contribution >= 4 is 17.9 Å². The van der Waals surface area contributed by atoms with Crippen LogP contribution in [0.15, 0.2) is 6.33 Å². The van der Waals surface area contributed by atoms with Crippen LogP contribution in [0.4, 0.5) is 11.6 Å². The van der Waals surface area contributed by atoms with Gasteiger partial charge >= 0.3 is 0 Å². The van der Waals surface area contributed by atoms with Crippen molar-refractivity contribution < 1.29 is 4.79 Å². The van der Waals surface area contributed by atoms with E-state index in [1.807, 2.05) is 0 Å². The maximum Gasteiger partial charge on any atom is 0.157 e. The van der Waals surface area contributed by atoms with E-state index in [2.05, 4.69) is 28.7 Å². The second kappa shape index (κ2) is 6.83. The molecule has 0 aliphatic rings. The van der Waals surface area contributed by atoms with Crippen LogP contribution in [0.3, 0.4) is 0 Å². The minimum Gasteiger partial charge on any atom is -0.383 e. The van der Waals surface area contributed by atoms with Crippen LogP contribution in [0.1, 0.15) is 43.5 Å². The Morgan fingerprint density at radius 3 is 2.65 bits per heavy atom. The number of nitrogen functional groups attached to an aromatic ring is 1. The molecule has 0 bridgehead atoms. The van der Waals surface area contributed by atoms with Gasteiger partial charge in [-0.3, -0.25) is 4.79 Å². The summed E-state index contributed by atoms with van der Waals surface area (Å²) in [6.45, 7) is 6.00. The Hall–Kier alpha value is -1.65. The van der Waals surface area contributed by atoms with Crippen molar-refractivity contribution in [1.29, 1.82) is 0 Å². The Bertz CT molecular complexity index is 368. The smallest absolute Gasteiger partial charge is 0.157 e. The highest BCUT2D eigenvalue weighted by molar-refractivity contribution is 5.88. The molecule has 94 valence electrons. The minimum absolute atomic E-state index is 0.252. The first kappa shape index (κ1) is 13.4. The Kier molecular flexibility index (Phi) is 5.39. The third-order valence-corrected chi connectivity index (χ3v) is 2.59. The summed E-state index contributed by atoms with van der Waals surface area (Å²) in [4.78, 5) is 21.2. The number of nitrogens with zero attached hydrogens (tertiary/aromatic N) is 3. The molecule has 1 rings (SSSR count). The zero-order chi connectivity index (χ0) is 12.7. The van der Waals surface area contributed by atoms with Crippen molar-refractivity contribution in [2.75, 3.05) is 23.7 Å². The summed E-state index contributed by atoms with van der Waals surface area (Å²) in [6, 6.07) is 0. The second-order valence-corrected chi connectivity index (χ2v) is 3.95. The van der Waals surface area contributed by atoms with E-state index in [0.29, 0.717) is 11.4 Å². The highest BCUT2D eigenvalue weighted by atomic mass is 16.1. The van der Waals surface area contributed by atoms with Crippen LogP contribution < -0.4 is 10.6 Å². The van der Waals surface area contributed by atoms with Crippen LogP contribution in [0.5, 0.6) is 0 Å². The van der Waals surface area contributed by atoms with Gasteiger partial charge in [0.15, 0.2) is 6.29 Å². The highest BCUT2D eigenvalue weighted by Gasteiger charge is 2.14. The Balaban J connectivity index is 2.99. The molecule has 0 fully saturated rings. The monoisotopic (exact) mass is 236 g/mol. The largest absolute Gasteiger partial charge is 0.383 e. The van der Waals surface area contributed by atoms with Crippen LogP contribution in [0.2, 0.25) is 0 Å². The summed E-state index contributed by atoms with van der Waals surface area (Å²) >= 11 is 0. The molecule has 0 radical (unpaired) electrons. The summed E-state index contributed by atoms with van der Waals surface area (Å²) in [5, 5.41) is 0. The molecule has 5 nitrogen and oxygen atoms in total. The van der Waals surface area contributed by atoms with Crippen LogP contribution >= 0.6 is 0 Å². The molecule has 1 heterocycles. The van der Waals surface area contributed by atoms with E-state index in [4.69, 9.17) is 5.73 Å². The van der Waals surface area contributed by atoms with Crippen molar-refractivity contribution in [3.63, 3.8) is 0 Å². The first-order valence-corrected chi connectivity index (χ1v) is 6.05. The number of aromatic nitrogens is 2. The Morgan fingerprint density at radius 2 is 2.06 bits per heavy atom. The number of rotatable bonds is 7. The summed E-state index contributed by atoms with van der Waals surface area (Å²) in [6.07, 6.45) is 5.33. The molecule has 0 spiro atoms. The number of anilines is 2. The molecule has 0 aliphatic heterocycles. The van der Waals surface area contributed by atoms with Gasteiger partial charge in [-0.05, 0) is 12.8 Å². The molecular weight excluding hydrogens is 216 g/mol. The summed E-state index contributed by atoms with van der Waals surface area (Å²) < 4.78 is 0. The fourth-order valence-electron chi connectivity index (χ4n) is 1.71. The van der Waals surface area contributed by atoms with Gasteiger partial charge < -0.3 is 10.6 Å². The SMILES string of the molecule is CCCCN(CCC)c1ncnc(N)c1C=O. The summed E-state index contributed by atoms with van der Waals surface area (Å²) in [5.74, 6) is 0.908. The molecule has 0 atom stereocenters. The Morgan fingerprint density at radius 1 is 1.29 bits per heavy atom. The van der Waals surface area contributed by atoms with Crippen molar-refractivity contribution in [2.24, 2.45) is 0 Å². The van der Waals surface area contributed by atoms with E-state index >= 15 is 0 Å². The zero-order valence-corrected chi connectivity index (χ0v) is 10.5. The molecule has 2 N–H and O–H groups in total. The van der Waals surface area contributed by atoms with Crippen LogP contribution in [0.25, 0.3) is 0 Å². The molecular formula is C12H20N4O. The fraction of sp³-hybridized carbons (Fsp3) is 0.583. The van der Waals surface area contributed by atoms with E-state index in [-0.39, 0.29) is 5.82 Å². The molecule has 0 amide bonds. The van der Waals surface area contributed by atoms with Crippen LogP contribution in [-0.2, 0) is 0 Å². The van der Waals surface area contributed by atoms with Crippen molar-refractivity contribution in [2.45, 2.75) is 33.1 Å². The summed E-state index contributed by atoms with van der Waals surface area (Å²) in [7, 11) is 0. The quantitative estimate of drug-likeness (QED) is 0.732. The highest BCUT2D eigenvalue weighted by Crippen LogP contribution is 2.20. The number of aldehydes is 1. The molecule has 17 heavy (non-hydrogen) atoms. The van der Waals surface area contributed by atoms with Gasteiger partial charge in [0.25, 0.3) is 0 Å². The third kappa shape index (κ3) is 3.41. The van der Waals surface area contributed by atoms with Crippen LogP contribution in [0, 0.1) is 0 Å². The number of hydrogen-bond donors (Lipinski definition) is 1. The predicted octanol–water partition coefficient (Wildman–Crippen LogP) is 1.89. The normalized spacial score (nSPS) is 10.2. The number of unbranched alkanes of at least 4 members (excludes halogenated alkanes) is 1. The number of carbonyl (C=O) groups excluding carboxylic acids is 1. The minimum atomic E-state index is 0.252. The molecule has 0 saturated heterocycles. The van der Waals surface area contributed by atoms with Gasteiger partial charge in [0.05, 0.1) is 5.56 Å². The lowest BCUT2D eigenvalue weighted by molar-refractivity contribution is 0.112. The van der Waals surface area contributed by atoms with E-state index in [0.717, 1.165) is 38.6 Å². The van der Waals surface area contributed by atoms with E-state index < -0.39 is 0 Å². The lowest BCUT2D eigenvalue weighted by Gasteiger charge is -2.24. The second-order valence-electron chi connectivity index (χ2n) is 3.95. The maximum absolute atomic E-state index is 11.0. The topological polar surface area (TPSA) is 72.1 Å². The fourth-order valence-corrected chi connectivity index (χ4v) is 1.71. The molecule has 0 aromatic carbocycles. The third-order valence-electron chi connectivity index (χ3n) is 2.59. The summed E-state index contributed by atoms with van der Waals surface area (Å²) in [5.41, 5.74) is 6.09. The number of carbonyl (C=O) groups is 1. The molecule has 0 aliphatic carbocycles. The predicted molar refractivity (Wildman–Crippen MR) is 69.2 cm³/mol. The number of nitrogens with two attached hydrogens (primary N) is 1. The van der Waals surface area contributed by atoms with Crippen molar-refractivity contribution in [3.8, 4) is 0 Å². The van der Waals surface area contributed by atoms with Crippen LogP contribution in [-0.4, -0.2) is 29.3 Å². The van der Waals surface area contributed by atoms with E-state index in [1.54, 1.807) is 0 Å². The van der Waals surface area contributed by atoms with Gasteiger partial charge in [0.1, 0.15) is 18.0 Å². The first-order chi connectivity index (χ1) is 8.24. The first-order valence-electron chi connectivity index (χ1n) is 6.05. The lowest BCUT2D eigenvalue weighted by Crippen LogP contribution is -2.27. The maximum atomic E-state index is 11.0. The van der Waals surface area contributed by atoms with Gasteiger partial charge in [-0.15, -0.1) is 0 Å². The van der Waals surface area contributed by atoms with Gasteiger partial charge in [0, 0.05) is 13.1 Å². The van der Waals surface area contributed by atoms with Crippen molar-refractivity contribution in [1.82, 2.24) is 9.97 Å². The van der Waals surface area contributed by atoms with Gasteiger partial charge in [-0.2, -0.15) is 0 Å². The molecule has 1 aromatic rings. The van der Waals surface area contributed by atoms with Gasteiger partial charge in [-0.1, -0.05) is 20.3 Å². The standard InChI is InChI=1S/C12H20N4O/c1-3-5-7-16(6-4-2)12-10(8-17)11(13)14-9-15-12/h8-9H,3-7H2,1-2H3,(H2,13,14,15). The molecule has 5 heteroatoms. The van der Waals surface area contributed by atoms with E-state index in [1.165, 1.54) is 6.33 Å². The lowest BCUT2D eigenvalue weighted by atomic mass is 10.2. The molecule has 0 unspecified atom stereocenters. The number of hydrogen-bond acceptors (Lipinski definition) is 5.